The molecule has 0 aromatic heterocycles. The van der Waals surface area contributed by atoms with Crippen LogP contribution in [0.5, 0.6) is 5.75 Å². The third kappa shape index (κ3) is 6.06. The van der Waals surface area contributed by atoms with E-state index in [1.54, 1.807) is 54.6 Å². The van der Waals surface area contributed by atoms with Crippen LogP contribution in [0.1, 0.15) is 52.5 Å². The van der Waals surface area contributed by atoms with Gasteiger partial charge in [-0.15, -0.1) is 0 Å². The van der Waals surface area contributed by atoms with Crippen LogP contribution in [-0.2, 0) is 0 Å². The van der Waals surface area contributed by atoms with Crippen LogP contribution in [0.3, 0.4) is 0 Å². The van der Waals surface area contributed by atoms with E-state index in [9.17, 15) is 14.7 Å². The van der Waals surface area contributed by atoms with Crippen LogP contribution >= 0.6 is 11.6 Å². The summed E-state index contributed by atoms with van der Waals surface area (Å²) < 4.78 is 5.43. The topological polar surface area (TPSA) is 63.6 Å². The van der Waals surface area contributed by atoms with Crippen molar-refractivity contribution in [3.8, 4) is 16.9 Å². The molecule has 5 heteroatoms. The number of carbonyl (C=O) groups is 2. The molecule has 0 atom stereocenters. The summed E-state index contributed by atoms with van der Waals surface area (Å²) in [5.41, 5.74) is 3.30. The summed E-state index contributed by atoms with van der Waals surface area (Å²) in [6.45, 7) is 2.13. The van der Waals surface area contributed by atoms with E-state index in [1.807, 2.05) is 18.2 Å². The molecular weight excluding hydrogens is 412 g/mol. The highest BCUT2D eigenvalue weighted by molar-refractivity contribution is 6.30. The third-order valence-corrected chi connectivity index (χ3v) is 5.03. The van der Waals surface area contributed by atoms with E-state index in [0.717, 1.165) is 36.0 Å². The molecule has 4 nitrogen and oxygen atoms in total. The van der Waals surface area contributed by atoms with Crippen LogP contribution < -0.4 is 4.74 Å². The number of carboxylic acid groups (broad SMARTS) is 1. The van der Waals surface area contributed by atoms with Crippen LogP contribution in [-0.4, -0.2) is 17.0 Å². The van der Waals surface area contributed by atoms with E-state index in [-0.39, 0.29) is 5.56 Å². The predicted molar refractivity (Wildman–Crippen MR) is 124 cm³/mol. The largest absolute Gasteiger partial charge is 0.478 e. The van der Waals surface area contributed by atoms with Crippen LogP contribution in [0.25, 0.3) is 17.2 Å². The fraction of sp³-hybridized carbons (Fsp3) is 0.154. The zero-order valence-electron chi connectivity index (χ0n) is 17.2. The summed E-state index contributed by atoms with van der Waals surface area (Å²) in [7, 11) is 0. The lowest BCUT2D eigenvalue weighted by Crippen LogP contribution is -2.08. The summed E-state index contributed by atoms with van der Waals surface area (Å²) in [5, 5.41) is 9.88. The molecule has 0 radical (unpaired) electrons. The Labute approximate surface area is 186 Å². The van der Waals surface area contributed by atoms with Crippen LogP contribution in [0, 0.1) is 0 Å². The van der Waals surface area contributed by atoms with Crippen molar-refractivity contribution in [2.45, 2.75) is 26.2 Å². The van der Waals surface area contributed by atoms with Crippen molar-refractivity contribution in [3.63, 3.8) is 0 Å². The second kappa shape index (κ2) is 10.6. The summed E-state index contributed by atoms with van der Waals surface area (Å²) in [4.78, 5) is 23.7. The monoisotopic (exact) mass is 434 g/mol. The van der Waals surface area contributed by atoms with Gasteiger partial charge in [0, 0.05) is 5.02 Å². The average molecular weight is 435 g/mol. The fourth-order valence-electron chi connectivity index (χ4n) is 3.08. The zero-order chi connectivity index (χ0) is 22.2. The van der Waals surface area contributed by atoms with Gasteiger partial charge in [-0.1, -0.05) is 61.7 Å². The molecule has 0 saturated heterocycles. The molecule has 0 heterocycles. The maximum absolute atomic E-state index is 12.3. The number of ether oxygens (including phenoxy) is 1. The van der Waals surface area contributed by atoms with Gasteiger partial charge in [0.05, 0.1) is 11.1 Å². The molecule has 0 fully saturated rings. The van der Waals surface area contributed by atoms with Gasteiger partial charge < -0.3 is 9.84 Å². The Bertz CT molecular complexity index is 1080. The Kier molecular flexibility index (Phi) is 7.63. The number of hydrogen-bond acceptors (Lipinski definition) is 3. The molecule has 0 spiro atoms. The number of esters is 1. The molecule has 0 amide bonds. The average Bonchev–Trinajstić information content (AvgIpc) is 2.77. The molecule has 0 aliphatic heterocycles. The van der Waals surface area contributed by atoms with E-state index in [4.69, 9.17) is 16.3 Å². The summed E-state index contributed by atoms with van der Waals surface area (Å²) >= 11 is 5.85. The number of benzene rings is 3. The standard InChI is InChI=1S/C26H23ClO4/c1-2-3-4-5-6-20-17-21(25(28)29)11-16-24(20)18-9-14-23(15-10-18)31-26(30)19-7-12-22(27)13-8-19/h5-17H,2-4H2,1H3,(H,28,29). The van der Waals surface area contributed by atoms with Crippen molar-refractivity contribution in [1.82, 2.24) is 0 Å². The Morgan fingerprint density at radius 3 is 2.29 bits per heavy atom. The molecule has 0 saturated carbocycles. The number of hydrogen-bond donors (Lipinski definition) is 1. The molecule has 31 heavy (non-hydrogen) atoms. The van der Waals surface area contributed by atoms with Gasteiger partial charge >= 0.3 is 11.9 Å². The first kappa shape index (κ1) is 22.3. The van der Waals surface area contributed by atoms with Gasteiger partial charge in [-0.25, -0.2) is 9.59 Å². The highest BCUT2D eigenvalue weighted by Gasteiger charge is 2.11. The van der Waals surface area contributed by atoms with E-state index in [0.29, 0.717) is 16.3 Å². The van der Waals surface area contributed by atoms with Crippen LogP contribution in [0.15, 0.2) is 72.8 Å². The number of halogens is 1. The fourth-order valence-corrected chi connectivity index (χ4v) is 3.21. The minimum absolute atomic E-state index is 0.243. The molecule has 3 aromatic rings. The SMILES string of the molecule is CCCCC=Cc1cc(C(=O)O)ccc1-c1ccc(OC(=O)c2ccc(Cl)cc2)cc1. The lowest BCUT2D eigenvalue weighted by Gasteiger charge is -2.10. The van der Waals surface area contributed by atoms with Crippen molar-refractivity contribution < 1.29 is 19.4 Å². The Morgan fingerprint density at radius 2 is 1.65 bits per heavy atom. The maximum Gasteiger partial charge on any atom is 0.343 e. The summed E-state index contributed by atoms with van der Waals surface area (Å²) in [6, 6.07) is 18.7. The molecule has 0 aliphatic carbocycles. The first-order valence-electron chi connectivity index (χ1n) is 10.1. The van der Waals surface area contributed by atoms with E-state index < -0.39 is 11.9 Å². The first-order valence-corrected chi connectivity index (χ1v) is 10.5. The molecule has 0 unspecified atom stereocenters. The minimum atomic E-state index is -0.959. The van der Waals surface area contributed by atoms with Crippen LogP contribution in [0.4, 0.5) is 0 Å². The van der Waals surface area contributed by atoms with E-state index in [1.165, 1.54) is 0 Å². The van der Waals surface area contributed by atoms with Crippen molar-refractivity contribution in [1.29, 1.82) is 0 Å². The van der Waals surface area contributed by atoms with Crippen molar-refractivity contribution >= 4 is 29.6 Å². The van der Waals surface area contributed by atoms with Gasteiger partial charge in [0.25, 0.3) is 0 Å². The molecule has 0 bridgehead atoms. The zero-order valence-corrected chi connectivity index (χ0v) is 17.9. The first-order chi connectivity index (χ1) is 15.0. The molecule has 3 rings (SSSR count). The number of carbonyl (C=O) groups excluding carboxylic acids is 1. The van der Waals surface area contributed by atoms with Crippen molar-refractivity contribution in [2.75, 3.05) is 0 Å². The maximum atomic E-state index is 12.3. The van der Waals surface area contributed by atoms with Gasteiger partial charge in [0.1, 0.15) is 5.75 Å². The predicted octanol–water partition coefficient (Wildman–Crippen LogP) is 7.13. The quantitative estimate of drug-likeness (QED) is 0.233. The lowest BCUT2D eigenvalue weighted by atomic mass is 9.96. The van der Waals surface area contributed by atoms with Gasteiger partial charge in [-0.2, -0.15) is 0 Å². The highest BCUT2D eigenvalue weighted by Crippen LogP contribution is 2.28. The normalized spacial score (nSPS) is 10.9. The third-order valence-electron chi connectivity index (χ3n) is 4.78. The van der Waals surface area contributed by atoms with Crippen molar-refractivity contribution in [3.05, 3.63) is 94.5 Å². The number of rotatable bonds is 8. The van der Waals surface area contributed by atoms with Gasteiger partial charge in [-0.05, 0) is 71.6 Å². The summed E-state index contributed by atoms with van der Waals surface area (Å²) in [5.74, 6) is -1.00. The number of unbranched alkanes of at least 4 members (excludes halogenated alkanes) is 2. The Hall–Kier alpha value is -3.37. The number of allylic oxidation sites excluding steroid dienone is 1. The van der Waals surface area contributed by atoms with Gasteiger partial charge in [0.2, 0.25) is 0 Å². The summed E-state index contributed by atoms with van der Waals surface area (Å²) in [6.07, 6.45) is 7.15. The van der Waals surface area contributed by atoms with Crippen LogP contribution in [0.2, 0.25) is 5.02 Å². The Morgan fingerprint density at radius 1 is 0.968 bits per heavy atom. The van der Waals surface area contributed by atoms with E-state index >= 15 is 0 Å². The molecule has 0 aliphatic rings. The number of carboxylic acids is 1. The van der Waals surface area contributed by atoms with Gasteiger partial charge in [-0.3, -0.25) is 0 Å². The molecule has 3 aromatic carbocycles. The minimum Gasteiger partial charge on any atom is -0.478 e. The van der Waals surface area contributed by atoms with Gasteiger partial charge in [0.15, 0.2) is 0 Å². The number of aromatic carboxylic acids is 1. The second-order valence-corrected chi connectivity index (χ2v) is 7.51. The lowest BCUT2D eigenvalue weighted by molar-refractivity contribution is 0.0694. The molecular formula is C26H23ClO4. The smallest absolute Gasteiger partial charge is 0.343 e. The Balaban J connectivity index is 1.82. The van der Waals surface area contributed by atoms with Crippen molar-refractivity contribution in [2.24, 2.45) is 0 Å². The highest BCUT2D eigenvalue weighted by atomic mass is 35.5. The molecule has 1 N–H and O–H groups in total. The second-order valence-electron chi connectivity index (χ2n) is 7.07. The molecule has 158 valence electrons. The van der Waals surface area contributed by atoms with E-state index in [2.05, 4.69) is 13.0 Å².